The van der Waals surface area contributed by atoms with Crippen molar-refractivity contribution in [1.82, 2.24) is 14.8 Å². The molecule has 0 amide bonds. The quantitative estimate of drug-likeness (QED) is 0.561. The van der Waals surface area contributed by atoms with Crippen LogP contribution in [0.4, 0.5) is 0 Å². The molecule has 0 bridgehead atoms. The monoisotopic (exact) mass is 405 g/mol. The second-order valence-electron chi connectivity index (χ2n) is 8.39. The van der Waals surface area contributed by atoms with Crippen LogP contribution in [0.1, 0.15) is 72.9 Å². The van der Waals surface area contributed by atoms with Crippen molar-refractivity contribution in [2.45, 2.75) is 52.5 Å². The Bertz CT molecular complexity index is 1060. The number of nitrogens with zero attached hydrogens (tertiary/aromatic N) is 3. The van der Waals surface area contributed by atoms with Gasteiger partial charge in [0.15, 0.2) is 0 Å². The molecular weight excluding hydrogens is 378 g/mol. The van der Waals surface area contributed by atoms with Crippen molar-refractivity contribution in [2.75, 3.05) is 0 Å². The lowest BCUT2D eigenvalue weighted by Crippen LogP contribution is -2.20. The largest absolute Gasteiger partial charge is 0.478 e. The van der Waals surface area contributed by atoms with E-state index >= 15 is 0 Å². The van der Waals surface area contributed by atoms with Crippen molar-refractivity contribution in [3.8, 4) is 11.1 Å². The average Bonchev–Trinajstić information content (AvgIpc) is 3.13. The molecule has 0 unspecified atom stereocenters. The second-order valence-corrected chi connectivity index (χ2v) is 8.39. The third kappa shape index (κ3) is 4.64. The number of hydrogen-bond donors (Lipinski definition) is 1. The minimum absolute atomic E-state index is 0.0395. The minimum Gasteiger partial charge on any atom is -0.478 e. The molecule has 0 fully saturated rings. The van der Waals surface area contributed by atoms with Gasteiger partial charge >= 0.3 is 5.97 Å². The summed E-state index contributed by atoms with van der Waals surface area (Å²) in [5.74, 6) is 0.0507. The molecule has 0 saturated heterocycles. The van der Waals surface area contributed by atoms with Crippen molar-refractivity contribution in [2.24, 2.45) is 0 Å². The van der Waals surface area contributed by atoms with E-state index < -0.39 is 5.97 Å². The van der Waals surface area contributed by atoms with Crippen molar-refractivity contribution < 1.29 is 14.7 Å². The lowest BCUT2D eigenvalue weighted by Gasteiger charge is -2.18. The Labute approximate surface area is 176 Å². The van der Waals surface area contributed by atoms with E-state index in [-0.39, 0.29) is 22.6 Å². The summed E-state index contributed by atoms with van der Waals surface area (Å²) in [6.45, 7) is 8.60. The van der Waals surface area contributed by atoms with Crippen LogP contribution < -0.4 is 0 Å². The highest BCUT2D eigenvalue weighted by molar-refractivity contribution is 5.96. The number of rotatable bonds is 7. The summed E-state index contributed by atoms with van der Waals surface area (Å²) in [5.41, 5.74) is 2.54. The zero-order chi connectivity index (χ0) is 21.9. The zero-order valence-corrected chi connectivity index (χ0v) is 17.8. The minimum atomic E-state index is -0.948. The Morgan fingerprint density at radius 1 is 1.03 bits per heavy atom. The number of benzene rings is 2. The van der Waals surface area contributed by atoms with Crippen LogP contribution in [-0.4, -0.2) is 31.6 Å². The standard InChI is InChI=1S/C24H27N3O3/c1-5-8-20(28)21-25-23(24(2,3)4)27(26-21)15-16-11-13-17(14-12-16)18-9-6-7-10-19(18)22(29)30/h6-7,9-14H,5,8,15H2,1-4H3,(H,29,30). The SMILES string of the molecule is CCCC(=O)c1nc(C(C)(C)C)n(Cc2ccc(-c3ccccc3C(=O)O)cc2)n1. The van der Waals surface area contributed by atoms with Crippen molar-refractivity contribution in [1.29, 1.82) is 0 Å². The summed E-state index contributed by atoms with van der Waals surface area (Å²) in [5, 5.41) is 13.9. The van der Waals surface area contributed by atoms with Crippen molar-refractivity contribution >= 4 is 11.8 Å². The van der Waals surface area contributed by atoms with Crippen molar-refractivity contribution in [3.05, 3.63) is 71.3 Å². The van der Waals surface area contributed by atoms with E-state index in [1.807, 2.05) is 58.0 Å². The van der Waals surface area contributed by atoms with Crippen LogP contribution in [0, 0.1) is 0 Å². The number of Topliss-reactive ketones (excluding diaryl/α,β-unsaturated/α-hetero) is 1. The predicted octanol–water partition coefficient (Wildman–Crippen LogP) is 4.97. The molecule has 0 radical (unpaired) electrons. The third-order valence-electron chi connectivity index (χ3n) is 4.82. The van der Waals surface area contributed by atoms with E-state index in [0.717, 1.165) is 23.4 Å². The second kappa shape index (κ2) is 8.61. The number of aromatic nitrogens is 3. The van der Waals surface area contributed by atoms with E-state index in [2.05, 4.69) is 10.1 Å². The first-order valence-electron chi connectivity index (χ1n) is 10.1. The summed E-state index contributed by atoms with van der Waals surface area (Å²) >= 11 is 0. The molecule has 6 nitrogen and oxygen atoms in total. The molecule has 2 aromatic carbocycles. The van der Waals surface area contributed by atoms with Crippen LogP contribution in [0.2, 0.25) is 0 Å². The van der Waals surface area contributed by atoms with Gasteiger partial charge in [-0.05, 0) is 29.2 Å². The molecule has 1 aromatic heterocycles. The van der Waals surface area contributed by atoms with Gasteiger partial charge < -0.3 is 5.11 Å². The van der Waals surface area contributed by atoms with Crippen LogP contribution in [0.5, 0.6) is 0 Å². The molecular formula is C24H27N3O3. The summed E-state index contributed by atoms with van der Waals surface area (Å²) in [6.07, 6.45) is 1.20. The van der Waals surface area contributed by atoms with E-state index in [1.165, 1.54) is 0 Å². The lowest BCUT2D eigenvalue weighted by molar-refractivity contribution is 0.0697. The Kier molecular flexibility index (Phi) is 6.15. The molecule has 30 heavy (non-hydrogen) atoms. The number of carbonyl (C=O) groups is 2. The molecule has 0 aliphatic rings. The van der Waals surface area contributed by atoms with Crippen LogP contribution in [0.15, 0.2) is 48.5 Å². The number of carboxylic acid groups (broad SMARTS) is 1. The maximum absolute atomic E-state index is 12.3. The van der Waals surface area contributed by atoms with Gasteiger partial charge in [-0.25, -0.2) is 14.5 Å². The van der Waals surface area contributed by atoms with E-state index in [1.54, 1.807) is 22.9 Å². The summed E-state index contributed by atoms with van der Waals surface area (Å²) in [4.78, 5) is 28.3. The highest BCUT2D eigenvalue weighted by Crippen LogP contribution is 2.25. The highest BCUT2D eigenvalue weighted by Gasteiger charge is 2.25. The molecule has 0 saturated carbocycles. The van der Waals surface area contributed by atoms with Gasteiger partial charge in [-0.1, -0.05) is 70.2 Å². The van der Waals surface area contributed by atoms with Gasteiger partial charge in [-0.15, -0.1) is 5.10 Å². The van der Waals surface area contributed by atoms with E-state index in [0.29, 0.717) is 18.5 Å². The molecule has 3 rings (SSSR count). The maximum atomic E-state index is 12.3. The molecule has 3 aromatic rings. The molecule has 0 atom stereocenters. The van der Waals surface area contributed by atoms with E-state index in [4.69, 9.17) is 0 Å². The maximum Gasteiger partial charge on any atom is 0.336 e. The number of carboxylic acids is 1. The topological polar surface area (TPSA) is 85.1 Å². The lowest BCUT2D eigenvalue weighted by atomic mass is 9.95. The summed E-state index contributed by atoms with van der Waals surface area (Å²) < 4.78 is 1.79. The molecule has 0 aliphatic carbocycles. The molecule has 1 heterocycles. The summed E-state index contributed by atoms with van der Waals surface area (Å²) in [6, 6.07) is 14.7. The average molecular weight is 405 g/mol. The molecule has 156 valence electrons. The van der Waals surface area contributed by atoms with E-state index in [9.17, 15) is 14.7 Å². The van der Waals surface area contributed by atoms with Gasteiger partial charge in [0.2, 0.25) is 11.6 Å². The molecule has 0 spiro atoms. The molecule has 6 heteroatoms. The fourth-order valence-corrected chi connectivity index (χ4v) is 3.35. The van der Waals surface area contributed by atoms with Crippen LogP contribution in [-0.2, 0) is 12.0 Å². The van der Waals surface area contributed by atoms with Gasteiger partial charge in [0, 0.05) is 11.8 Å². The van der Waals surface area contributed by atoms with Gasteiger partial charge in [0.25, 0.3) is 0 Å². The fraction of sp³-hybridized carbons (Fsp3) is 0.333. The Balaban J connectivity index is 1.91. The number of carbonyl (C=O) groups excluding carboxylic acids is 1. The highest BCUT2D eigenvalue weighted by atomic mass is 16.4. The van der Waals surface area contributed by atoms with Gasteiger partial charge in [-0.3, -0.25) is 4.79 Å². The van der Waals surface area contributed by atoms with Gasteiger partial charge in [0.1, 0.15) is 5.82 Å². The first-order chi connectivity index (χ1) is 14.2. The summed E-state index contributed by atoms with van der Waals surface area (Å²) in [7, 11) is 0. The number of hydrogen-bond acceptors (Lipinski definition) is 4. The normalized spacial score (nSPS) is 11.5. The predicted molar refractivity (Wildman–Crippen MR) is 116 cm³/mol. The van der Waals surface area contributed by atoms with Crippen molar-refractivity contribution in [3.63, 3.8) is 0 Å². The smallest absolute Gasteiger partial charge is 0.336 e. The van der Waals surface area contributed by atoms with Crippen LogP contribution in [0.25, 0.3) is 11.1 Å². The zero-order valence-electron chi connectivity index (χ0n) is 17.8. The third-order valence-corrected chi connectivity index (χ3v) is 4.82. The van der Waals surface area contributed by atoms with Crippen LogP contribution >= 0.6 is 0 Å². The molecule has 1 N–H and O–H groups in total. The Morgan fingerprint density at radius 2 is 1.70 bits per heavy atom. The first-order valence-corrected chi connectivity index (χ1v) is 10.1. The number of aromatic carboxylic acids is 1. The fourth-order valence-electron chi connectivity index (χ4n) is 3.35. The molecule has 0 aliphatic heterocycles. The van der Waals surface area contributed by atoms with Gasteiger partial charge in [-0.2, -0.15) is 0 Å². The Hall–Kier alpha value is -3.28. The Morgan fingerprint density at radius 3 is 2.30 bits per heavy atom. The van der Waals surface area contributed by atoms with Crippen LogP contribution in [0.3, 0.4) is 0 Å². The van der Waals surface area contributed by atoms with Gasteiger partial charge in [0.05, 0.1) is 12.1 Å². The first kappa shape index (κ1) is 21.4. The number of ketones is 1.